The van der Waals surface area contributed by atoms with Gasteiger partial charge >= 0.3 is 0 Å². The number of anilines is 1. The maximum atomic E-state index is 14.9. The second-order valence-electron chi connectivity index (χ2n) is 5.48. The molecule has 26 heavy (non-hydrogen) atoms. The molecule has 1 N–H and O–H groups in total. The lowest BCUT2D eigenvalue weighted by atomic mass is 10.2. The predicted octanol–water partition coefficient (Wildman–Crippen LogP) is 2.26. The number of morpholine rings is 1. The smallest absolute Gasteiger partial charge is 0.258 e. The summed E-state index contributed by atoms with van der Waals surface area (Å²) in [5, 5.41) is 2.49. The summed E-state index contributed by atoms with van der Waals surface area (Å²) in [5.74, 6) is -1.86. The molecule has 0 bridgehead atoms. The number of halogens is 2. The number of nitrogens with one attached hydrogen (secondary N) is 1. The summed E-state index contributed by atoms with van der Waals surface area (Å²) in [6.07, 6.45) is 2.93. The van der Waals surface area contributed by atoms with Crippen LogP contribution >= 0.6 is 15.9 Å². The Morgan fingerprint density at radius 3 is 2.69 bits per heavy atom. The Kier molecular flexibility index (Phi) is 5.66. The van der Waals surface area contributed by atoms with E-state index in [2.05, 4.69) is 26.2 Å². The molecule has 2 heterocycles. The number of aromatic nitrogens is 1. The fourth-order valence-electron chi connectivity index (χ4n) is 2.48. The number of hydrogen-bond donors (Lipinski definition) is 1. The van der Waals surface area contributed by atoms with Gasteiger partial charge < -0.3 is 10.1 Å². The van der Waals surface area contributed by atoms with Crippen LogP contribution in [0.1, 0.15) is 10.4 Å². The van der Waals surface area contributed by atoms with Crippen molar-refractivity contribution in [2.45, 2.75) is 4.90 Å². The van der Waals surface area contributed by atoms with Crippen molar-refractivity contribution in [3.8, 4) is 0 Å². The third kappa shape index (κ3) is 3.93. The average molecular weight is 444 g/mol. The quantitative estimate of drug-likeness (QED) is 0.782. The molecule has 1 aromatic heterocycles. The van der Waals surface area contributed by atoms with Crippen LogP contribution in [0.25, 0.3) is 0 Å². The van der Waals surface area contributed by atoms with Crippen molar-refractivity contribution in [1.29, 1.82) is 0 Å². The Bertz CT molecular complexity index is 919. The van der Waals surface area contributed by atoms with Crippen LogP contribution in [0.4, 0.5) is 10.1 Å². The standard InChI is InChI=1S/C16H15BrFN3O4S/c17-11-8-13(16(22)20-12-2-1-3-19-10-12)15(18)14(9-11)26(23,24)21-4-6-25-7-5-21/h1-3,8-10H,4-7H2,(H,20,22). The van der Waals surface area contributed by atoms with Gasteiger partial charge in [0, 0.05) is 23.8 Å². The van der Waals surface area contributed by atoms with Gasteiger partial charge in [-0.15, -0.1) is 0 Å². The predicted molar refractivity (Wildman–Crippen MR) is 95.9 cm³/mol. The number of pyridine rings is 1. The zero-order valence-electron chi connectivity index (χ0n) is 13.5. The number of ether oxygens (including phenoxy) is 1. The van der Waals surface area contributed by atoms with Crippen molar-refractivity contribution < 1.29 is 22.3 Å². The van der Waals surface area contributed by atoms with Gasteiger partial charge in [0.25, 0.3) is 5.91 Å². The molecule has 1 aromatic carbocycles. The lowest BCUT2D eigenvalue weighted by Crippen LogP contribution is -2.41. The van der Waals surface area contributed by atoms with Gasteiger partial charge in [-0.3, -0.25) is 9.78 Å². The third-order valence-corrected chi connectivity index (χ3v) is 6.11. The van der Waals surface area contributed by atoms with E-state index in [9.17, 15) is 17.6 Å². The summed E-state index contributed by atoms with van der Waals surface area (Å²) >= 11 is 3.15. The molecule has 0 radical (unpaired) electrons. The molecule has 1 saturated heterocycles. The molecule has 1 fully saturated rings. The Morgan fingerprint density at radius 1 is 1.31 bits per heavy atom. The van der Waals surface area contributed by atoms with Crippen LogP contribution in [0.3, 0.4) is 0 Å². The van der Waals surface area contributed by atoms with Gasteiger partial charge in [0.05, 0.1) is 30.7 Å². The third-order valence-electron chi connectivity index (χ3n) is 3.76. The minimum atomic E-state index is -4.09. The first kappa shape index (κ1) is 18.9. The Labute approximate surface area is 158 Å². The topological polar surface area (TPSA) is 88.6 Å². The van der Waals surface area contributed by atoms with Crippen LogP contribution in [0, 0.1) is 5.82 Å². The Balaban J connectivity index is 1.97. The number of benzene rings is 1. The number of rotatable bonds is 4. The minimum Gasteiger partial charge on any atom is -0.379 e. The molecule has 0 unspecified atom stereocenters. The van der Waals surface area contributed by atoms with Crippen LogP contribution in [-0.2, 0) is 14.8 Å². The van der Waals surface area contributed by atoms with Crippen LogP contribution in [0.2, 0.25) is 0 Å². The van der Waals surface area contributed by atoms with E-state index in [4.69, 9.17) is 4.74 Å². The van der Waals surface area contributed by atoms with Crippen molar-refractivity contribution in [3.63, 3.8) is 0 Å². The van der Waals surface area contributed by atoms with Crippen molar-refractivity contribution >= 4 is 37.5 Å². The molecule has 1 aliphatic rings. The van der Waals surface area contributed by atoms with Crippen LogP contribution < -0.4 is 5.32 Å². The maximum Gasteiger partial charge on any atom is 0.258 e. The molecular formula is C16H15BrFN3O4S. The van der Waals surface area contributed by atoms with Crippen molar-refractivity contribution in [2.24, 2.45) is 0 Å². The molecule has 7 nitrogen and oxygen atoms in total. The van der Waals surface area contributed by atoms with Crippen LogP contribution in [-0.4, -0.2) is 49.9 Å². The molecule has 1 aliphatic heterocycles. The largest absolute Gasteiger partial charge is 0.379 e. The summed E-state index contributed by atoms with van der Waals surface area (Å²) < 4.78 is 47.0. The molecule has 0 atom stereocenters. The number of hydrogen-bond acceptors (Lipinski definition) is 5. The Hall–Kier alpha value is -1.88. The molecule has 2 aromatic rings. The van der Waals surface area contributed by atoms with E-state index >= 15 is 0 Å². The van der Waals surface area contributed by atoms with Gasteiger partial charge in [-0.05, 0) is 24.3 Å². The summed E-state index contributed by atoms with van der Waals surface area (Å²) in [6, 6.07) is 5.59. The molecular weight excluding hydrogens is 429 g/mol. The lowest BCUT2D eigenvalue weighted by Gasteiger charge is -2.26. The van der Waals surface area contributed by atoms with Gasteiger partial charge in [0.1, 0.15) is 4.90 Å². The van der Waals surface area contributed by atoms with E-state index in [1.165, 1.54) is 18.5 Å². The molecule has 0 saturated carbocycles. The van der Waals surface area contributed by atoms with Gasteiger partial charge in [-0.2, -0.15) is 4.31 Å². The normalized spacial score (nSPS) is 15.6. The highest BCUT2D eigenvalue weighted by Gasteiger charge is 2.31. The second-order valence-corrected chi connectivity index (χ2v) is 8.30. The van der Waals surface area contributed by atoms with E-state index < -0.39 is 26.6 Å². The van der Waals surface area contributed by atoms with Crippen LogP contribution in [0.15, 0.2) is 46.0 Å². The lowest BCUT2D eigenvalue weighted by molar-refractivity contribution is 0.0729. The fourth-order valence-corrected chi connectivity index (χ4v) is 4.61. The van der Waals surface area contributed by atoms with Gasteiger partial charge in [0.15, 0.2) is 5.82 Å². The highest BCUT2D eigenvalue weighted by Crippen LogP contribution is 2.27. The maximum absolute atomic E-state index is 14.9. The minimum absolute atomic E-state index is 0.130. The zero-order valence-corrected chi connectivity index (χ0v) is 15.9. The number of carbonyl (C=O) groups is 1. The highest BCUT2D eigenvalue weighted by atomic mass is 79.9. The van der Waals surface area contributed by atoms with Gasteiger partial charge in [0.2, 0.25) is 10.0 Å². The van der Waals surface area contributed by atoms with Crippen molar-refractivity contribution in [3.05, 3.63) is 52.5 Å². The summed E-state index contributed by atoms with van der Waals surface area (Å²) in [7, 11) is -4.09. The van der Waals surface area contributed by atoms with E-state index in [-0.39, 0.29) is 36.3 Å². The van der Waals surface area contributed by atoms with Gasteiger partial charge in [-0.1, -0.05) is 15.9 Å². The van der Waals surface area contributed by atoms with E-state index in [1.54, 1.807) is 12.1 Å². The number of amides is 1. The average Bonchev–Trinajstić information content (AvgIpc) is 2.64. The highest BCUT2D eigenvalue weighted by molar-refractivity contribution is 9.10. The molecule has 10 heteroatoms. The number of sulfonamides is 1. The second kappa shape index (κ2) is 7.78. The number of carbonyl (C=O) groups excluding carboxylic acids is 1. The summed E-state index contributed by atoms with van der Waals surface area (Å²) in [5.41, 5.74) is -0.00970. The molecule has 0 spiro atoms. The zero-order chi connectivity index (χ0) is 18.7. The van der Waals surface area contributed by atoms with E-state index in [0.29, 0.717) is 5.69 Å². The van der Waals surface area contributed by atoms with Gasteiger partial charge in [-0.25, -0.2) is 12.8 Å². The summed E-state index contributed by atoms with van der Waals surface area (Å²) in [6.45, 7) is 0.739. The molecule has 0 aliphatic carbocycles. The monoisotopic (exact) mass is 443 g/mol. The first-order chi connectivity index (χ1) is 12.4. The van der Waals surface area contributed by atoms with Crippen molar-refractivity contribution in [2.75, 3.05) is 31.6 Å². The Morgan fingerprint density at radius 2 is 2.04 bits per heavy atom. The SMILES string of the molecule is O=C(Nc1cccnc1)c1cc(Br)cc(S(=O)(=O)N2CCOCC2)c1F. The van der Waals surface area contributed by atoms with E-state index in [0.717, 1.165) is 10.4 Å². The molecule has 1 amide bonds. The van der Waals surface area contributed by atoms with Crippen molar-refractivity contribution in [1.82, 2.24) is 9.29 Å². The first-order valence-electron chi connectivity index (χ1n) is 7.68. The number of nitrogens with zero attached hydrogens (tertiary/aromatic N) is 2. The first-order valence-corrected chi connectivity index (χ1v) is 9.91. The van der Waals surface area contributed by atoms with Crippen LogP contribution in [0.5, 0.6) is 0 Å². The van der Waals surface area contributed by atoms with E-state index in [1.807, 2.05) is 0 Å². The fraction of sp³-hybridized carbons (Fsp3) is 0.250. The summed E-state index contributed by atoms with van der Waals surface area (Å²) in [4.78, 5) is 15.7. The molecule has 3 rings (SSSR count). The molecule has 138 valence electrons.